The van der Waals surface area contributed by atoms with E-state index in [1.807, 2.05) is 0 Å². The molecule has 0 spiro atoms. The number of thioether (sulfide) groups is 1. The first-order valence-corrected chi connectivity index (χ1v) is 13.2. The number of hydrogen-bond acceptors (Lipinski definition) is 9. The molecular formula is C14H29N4O6PS3. The van der Waals surface area contributed by atoms with Gasteiger partial charge in [-0.05, 0) is 49.8 Å². The topological polar surface area (TPSA) is 107 Å². The van der Waals surface area contributed by atoms with Gasteiger partial charge in [-0.15, -0.1) is 16.1 Å². The summed E-state index contributed by atoms with van der Waals surface area (Å²) in [7, 11) is 4.37. The first-order valence-electron chi connectivity index (χ1n) is 8.35. The van der Waals surface area contributed by atoms with Crippen molar-refractivity contribution in [1.29, 1.82) is 0 Å². The number of nitrogens with zero attached hydrogens (tertiary/aromatic N) is 4. The molecule has 0 fully saturated rings. The first kappa shape index (κ1) is 27.6. The Bertz CT molecular complexity index is 598. The molecule has 164 valence electrons. The molecule has 0 aromatic carbocycles. The third-order valence-corrected chi connectivity index (χ3v) is 9.55. The summed E-state index contributed by atoms with van der Waals surface area (Å²) in [5, 5.41) is 3.55. The lowest BCUT2D eigenvalue weighted by molar-refractivity contribution is -0.121. The second kappa shape index (κ2) is 13.0. The highest BCUT2D eigenvalue weighted by atomic mass is 32.5. The van der Waals surface area contributed by atoms with Crippen LogP contribution in [0.15, 0.2) is 5.16 Å². The molecule has 0 aliphatic carbocycles. The van der Waals surface area contributed by atoms with Gasteiger partial charge in [-0.25, -0.2) is 4.79 Å². The van der Waals surface area contributed by atoms with Crippen molar-refractivity contribution in [2.24, 2.45) is 5.16 Å². The van der Waals surface area contributed by atoms with E-state index in [-0.39, 0.29) is 24.3 Å². The predicted octanol–water partition coefficient (Wildman–Crippen LogP) is 2.41. The molecule has 1 unspecified atom stereocenters. The molecule has 0 N–H and O–H groups in total. The van der Waals surface area contributed by atoms with Gasteiger partial charge in [0, 0.05) is 14.1 Å². The van der Waals surface area contributed by atoms with Crippen molar-refractivity contribution >= 4 is 58.8 Å². The average molecular weight is 477 g/mol. The van der Waals surface area contributed by atoms with Crippen LogP contribution in [0.4, 0.5) is 4.79 Å². The molecule has 28 heavy (non-hydrogen) atoms. The molecule has 14 heteroatoms. The van der Waals surface area contributed by atoms with Crippen LogP contribution in [0.2, 0.25) is 0 Å². The van der Waals surface area contributed by atoms with Gasteiger partial charge in [-0.1, -0.05) is 5.16 Å². The van der Waals surface area contributed by atoms with Crippen LogP contribution in [0.5, 0.6) is 0 Å². The minimum Gasteiger partial charge on any atom is -0.573 e. The van der Waals surface area contributed by atoms with Crippen LogP contribution in [0.3, 0.4) is 0 Å². The fraction of sp³-hybridized carbons (Fsp3) is 0.786. The Hall–Kier alpha value is -0.400. The van der Waals surface area contributed by atoms with Gasteiger partial charge < -0.3 is 18.5 Å². The fourth-order valence-corrected chi connectivity index (χ4v) is 7.48. The number of amides is 2. The molecule has 0 heterocycles. The smallest absolute Gasteiger partial charge is 0.479 e. The zero-order valence-corrected chi connectivity index (χ0v) is 20.7. The van der Waals surface area contributed by atoms with Crippen LogP contribution < -0.4 is 0 Å². The Labute approximate surface area is 179 Å². The van der Waals surface area contributed by atoms with Gasteiger partial charge in [0.15, 0.2) is 11.5 Å². The van der Waals surface area contributed by atoms with Crippen molar-refractivity contribution in [2.45, 2.75) is 33.7 Å². The maximum Gasteiger partial charge on any atom is 0.479 e. The number of hydrogen-bond donors (Lipinski definition) is 0. The third kappa shape index (κ3) is 7.79. The molecule has 0 saturated carbocycles. The molecule has 10 nitrogen and oxygen atoms in total. The number of carbonyl (C=O) groups is 2. The van der Waals surface area contributed by atoms with Gasteiger partial charge in [0.1, 0.15) is 0 Å². The molecule has 0 aromatic rings. The Morgan fingerprint density at radius 2 is 1.71 bits per heavy atom. The highest BCUT2D eigenvalue weighted by molar-refractivity contribution is 8.15. The molecular weight excluding hydrogens is 447 g/mol. The van der Waals surface area contributed by atoms with Crippen LogP contribution in [0, 0.1) is 0 Å². The summed E-state index contributed by atoms with van der Waals surface area (Å²) in [6.45, 7) is 4.46. The highest BCUT2D eigenvalue weighted by Crippen LogP contribution is 2.55. The summed E-state index contributed by atoms with van der Waals surface area (Å²) in [5.41, 5.74) is 0. The molecule has 0 bridgehead atoms. The fourth-order valence-electron chi connectivity index (χ4n) is 1.71. The van der Waals surface area contributed by atoms with Crippen molar-refractivity contribution in [1.82, 2.24) is 13.3 Å². The summed E-state index contributed by atoms with van der Waals surface area (Å²) in [4.78, 5) is 30.3. The number of carbonyl (C=O) groups excluding carboxylic acids is 2. The monoisotopic (exact) mass is 476 g/mol. The highest BCUT2D eigenvalue weighted by Gasteiger charge is 2.44. The second-order valence-corrected chi connectivity index (χ2v) is 11.3. The van der Waals surface area contributed by atoms with Crippen molar-refractivity contribution < 1.29 is 28.0 Å². The average Bonchev–Trinajstić information content (AvgIpc) is 2.60. The van der Waals surface area contributed by atoms with E-state index in [1.54, 1.807) is 48.0 Å². The number of rotatable bonds is 9. The van der Waals surface area contributed by atoms with Crippen molar-refractivity contribution in [3.05, 3.63) is 0 Å². The molecule has 0 aromatic heterocycles. The van der Waals surface area contributed by atoms with Gasteiger partial charge in [-0.2, -0.15) is 0 Å². The lowest BCUT2D eigenvalue weighted by Gasteiger charge is -2.35. The molecule has 0 aliphatic rings. The molecule has 0 saturated heterocycles. The quantitative estimate of drug-likeness (QED) is 0.124. The minimum atomic E-state index is -3.09. The van der Waals surface area contributed by atoms with Gasteiger partial charge >= 0.3 is 12.7 Å². The van der Waals surface area contributed by atoms with Crippen molar-refractivity contribution in [3.63, 3.8) is 0 Å². The minimum absolute atomic E-state index is 0.0213. The van der Waals surface area contributed by atoms with E-state index in [9.17, 15) is 14.1 Å². The Kier molecular flexibility index (Phi) is 12.8. The summed E-state index contributed by atoms with van der Waals surface area (Å²) >= 11 is 4.47. The van der Waals surface area contributed by atoms with Gasteiger partial charge in [0.25, 0.3) is 5.91 Å². The first-order chi connectivity index (χ1) is 13.0. The van der Waals surface area contributed by atoms with Gasteiger partial charge in [-0.3, -0.25) is 9.63 Å². The van der Waals surface area contributed by atoms with E-state index in [0.29, 0.717) is 0 Å². The predicted molar refractivity (Wildman–Crippen MR) is 117 cm³/mol. The van der Waals surface area contributed by atoms with Crippen LogP contribution in [-0.4, -0.2) is 81.5 Å². The maximum absolute atomic E-state index is 13.0. The van der Waals surface area contributed by atoms with E-state index in [1.165, 1.54) is 16.0 Å². The van der Waals surface area contributed by atoms with Gasteiger partial charge in [0.05, 0.1) is 26.3 Å². The molecule has 0 radical (unpaired) electrons. The number of oxime groups is 1. The third-order valence-electron chi connectivity index (χ3n) is 2.91. The summed E-state index contributed by atoms with van der Waals surface area (Å²) in [5.74, 6) is -0.420. The van der Waals surface area contributed by atoms with E-state index < -0.39 is 30.2 Å². The van der Waals surface area contributed by atoms with E-state index in [2.05, 4.69) is 5.16 Å². The van der Waals surface area contributed by atoms with Crippen LogP contribution >= 0.6 is 18.4 Å². The molecule has 0 rings (SSSR count). The SMILES string of the molecule is CCOP(=S)(OCC)N(C(C)C)[S+]([O-])N(C)C(=O)ON=C(SC)C(=O)N(C)C. The normalized spacial score (nSPS) is 13.6. The lowest BCUT2D eigenvalue weighted by Crippen LogP contribution is -2.46. The van der Waals surface area contributed by atoms with E-state index in [4.69, 9.17) is 25.7 Å². The lowest BCUT2D eigenvalue weighted by atomic mass is 10.4. The molecule has 1 atom stereocenters. The summed E-state index contributed by atoms with van der Waals surface area (Å²) in [6.07, 6.45) is 0.605. The van der Waals surface area contributed by atoms with Crippen LogP contribution in [0.25, 0.3) is 0 Å². The van der Waals surface area contributed by atoms with E-state index in [0.717, 1.165) is 16.1 Å². The van der Waals surface area contributed by atoms with Crippen molar-refractivity contribution in [3.8, 4) is 0 Å². The molecule has 0 aliphatic heterocycles. The van der Waals surface area contributed by atoms with Gasteiger partial charge in [0.2, 0.25) is 5.04 Å². The largest absolute Gasteiger partial charge is 0.573 e. The van der Waals surface area contributed by atoms with Crippen molar-refractivity contribution in [2.75, 3.05) is 40.6 Å². The zero-order chi connectivity index (χ0) is 22.1. The second-order valence-electron chi connectivity index (χ2n) is 5.59. The van der Waals surface area contributed by atoms with Crippen LogP contribution in [-0.2, 0) is 42.0 Å². The zero-order valence-electron chi connectivity index (χ0n) is 17.4. The summed E-state index contributed by atoms with van der Waals surface area (Å²) < 4.78 is 26.4. The summed E-state index contributed by atoms with van der Waals surface area (Å²) in [6, 6.07) is -0.347. The Morgan fingerprint density at radius 1 is 1.21 bits per heavy atom. The maximum atomic E-state index is 13.0. The van der Waals surface area contributed by atoms with Crippen LogP contribution in [0.1, 0.15) is 27.7 Å². The molecule has 2 amide bonds. The standard InChI is InChI=1S/C14H29N4O6PS3/c1-9-22-25(26,23-10-2)18(11(3)4)28(21)17(7)14(20)24-15-12(27-8)13(19)16(5)6/h11H,9-10H2,1-8H3. The van der Waals surface area contributed by atoms with E-state index >= 15 is 0 Å². The Balaban J connectivity index is 5.51. The Morgan fingerprint density at radius 3 is 2.07 bits per heavy atom.